The van der Waals surface area contributed by atoms with E-state index >= 15 is 0 Å². The van der Waals surface area contributed by atoms with E-state index in [0.29, 0.717) is 51.6 Å². The summed E-state index contributed by atoms with van der Waals surface area (Å²) in [6, 6.07) is 2.98. The zero-order valence-electron chi connectivity index (χ0n) is 20.8. The fourth-order valence-electron chi connectivity index (χ4n) is 4.33. The van der Waals surface area contributed by atoms with Crippen molar-refractivity contribution in [3.8, 4) is 0 Å². The number of hydrogen-bond donors (Lipinski definition) is 2. The summed E-state index contributed by atoms with van der Waals surface area (Å²) in [4.78, 5) is 38.3. The maximum atomic E-state index is 13.6. The van der Waals surface area contributed by atoms with E-state index in [1.54, 1.807) is 21.9 Å². The van der Waals surface area contributed by atoms with Gasteiger partial charge < -0.3 is 29.8 Å². The Morgan fingerprint density at radius 3 is 2.38 bits per heavy atom. The number of anilines is 3. The van der Waals surface area contributed by atoms with Crippen LogP contribution in [0.2, 0.25) is 0 Å². The summed E-state index contributed by atoms with van der Waals surface area (Å²) >= 11 is 0. The van der Waals surface area contributed by atoms with Crippen molar-refractivity contribution in [3.05, 3.63) is 29.8 Å². The molecule has 2 aliphatic heterocycles. The average molecular weight is 524 g/mol. The summed E-state index contributed by atoms with van der Waals surface area (Å²) in [5.74, 6) is -1.27. The van der Waals surface area contributed by atoms with Gasteiger partial charge in [0.05, 0.1) is 11.9 Å². The van der Waals surface area contributed by atoms with Gasteiger partial charge in [0.25, 0.3) is 11.9 Å². The molecule has 13 heteroatoms. The number of unbranched alkanes of at least 4 members (excludes halogenated alkanes) is 1. The Kier molecular flexibility index (Phi) is 8.39. The highest BCUT2D eigenvalue weighted by Crippen LogP contribution is 2.35. The van der Waals surface area contributed by atoms with E-state index in [1.165, 1.54) is 6.20 Å². The number of piperidine rings is 1. The zero-order valence-corrected chi connectivity index (χ0v) is 20.8. The number of carbonyl (C=O) groups is 2. The van der Waals surface area contributed by atoms with Gasteiger partial charge in [-0.25, -0.2) is 9.78 Å². The van der Waals surface area contributed by atoms with Gasteiger partial charge in [0, 0.05) is 45.8 Å². The molecule has 0 spiro atoms. The molecule has 2 aliphatic rings. The summed E-state index contributed by atoms with van der Waals surface area (Å²) in [7, 11) is 0. The molecule has 3 amide bonds. The molecule has 202 valence electrons. The Morgan fingerprint density at radius 2 is 1.76 bits per heavy atom. The van der Waals surface area contributed by atoms with Crippen LogP contribution in [-0.4, -0.2) is 72.6 Å². The number of rotatable bonds is 7. The molecule has 0 aromatic carbocycles. The molecule has 4 heterocycles. The standard InChI is InChI=1S/C24H32F3N7O3/c1-2-3-9-28-22(36)33-14-12-32(13-15-33)18-8-7-17(16-29-18)30-21(35)19-20(24(25,26)27)31-23(37-19)34-10-5-4-6-11-34/h7-8,16H,2-6,9-15H2,1H3,(H,28,36)(H,30,35). The molecule has 0 atom stereocenters. The third kappa shape index (κ3) is 6.63. The Balaban J connectivity index is 1.36. The lowest BCUT2D eigenvalue weighted by atomic mass is 10.1. The highest BCUT2D eigenvalue weighted by Gasteiger charge is 2.42. The second-order valence-electron chi connectivity index (χ2n) is 9.14. The van der Waals surface area contributed by atoms with Crippen molar-refractivity contribution in [1.82, 2.24) is 20.2 Å². The minimum Gasteiger partial charge on any atom is -0.417 e. The molecule has 0 unspecified atom stereocenters. The largest absolute Gasteiger partial charge is 0.437 e. The second kappa shape index (κ2) is 11.7. The number of halogens is 3. The first-order valence-corrected chi connectivity index (χ1v) is 12.6. The maximum Gasteiger partial charge on any atom is 0.437 e. The number of piperazine rings is 1. The first-order valence-electron chi connectivity index (χ1n) is 12.6. The smallest absolute Gasteiger partial charge is 0.417 e. The van der Waals surface area contributed by atoms with E-state index in [2.05, 4.69) is 27.5 Å². The third-order valence-corrected chi connectivity index (χ3v) is 6.42. The van der Waals surface area contributed by atoms with Gasteiger partial charge in [-0.05, 0) is 37.8 Å². The van der Waals surface area contributed by atoms with Crippen LogP contribution in [0.25, 0.3) is 0 Å². The van der Waals surface area contributed by atoms with Crippen LogP contribution in [-0.2, 0) is 6.18 Å². The van der Waals surface area contributed by atoms with Gasteiger partial charge in [0.2, 0.25) is 5.76 Å². The topological polar surface area (TPSA) is 107 Å². The molecule has 0 bridgehead atoms. The van der Waals surface area contributed by atoms with Gasteiger partial charge in [-0.15, -0.1) is 0 Å². The van der Waals surface area contributed by atoms with E-state index in [9.17, 15) is 22.8 Å². The first kappa shape index (κ1) is 26.6. The Morgan fingerprint density at radius 1 is 1.03 bits per heavy atom. The molecule has 10 nitrogen and oxygen atoms in total. The molecule has 2 aromatic heterocycles. The van der Waals surface area contributed by atoms with Crippen LogP contribution in [0.1, 0.15) is 55.3 Å². The lowest BCUT2D eigenvalue weighted by molar-refractivity contribution is -0.141. The monoisotopic (exact) mass is 523 g/mol. The van der Waals surface area contributed by atoms with Crippen LogP contribution in [0.5, 0.6) is 0 Å². The highest BCUT2D eigenvalue weighted by molar-refractivity contribution is 6.03. The Hall–Kier alpha value is -3.51. The van der Waals surface area contributed by atoms with Gasteiger partial charge in [-0.2, -0.15) is 18.2 Å². The zero-order chi connectivity index (χ0) is 26.4. The number of aromatic nitrogens is 2. The fourth-order valence-corrected chi connectivity index (χ4v) is 4.33. The number of pyridine rings is 1. The second-order valence-corrected chi connectivity index (χ2v) is 9.14. The molecule has 2 aromatic rings. The molecule has 2 saturated heterocycles. The predicted octanol–water partition coefficient (Wildman–Crippen LogP) is 3.96. The Bertz CT molecular complexity index is 1060. The first-order chi connectivity index (χ1) is 17.8. The van der Waals surface area contributed by atoms with E-state index in [4.69, 9.17) is 4.42 Å². The Labute approximate surface area is 213 Å². The predicted molar refractivity (Wildman–Crippen MR) is 132 cm³/mol. The quantitative estimate of drug-likeness (QED) is 0.529. The summed E-state index contributed by atoms with van der Waals surface area (Å²) in [5, 5.41) is 5.34. The number of amides is 3. The summed E-state index contributed by atoms with van der Waals surface area (Å²) in [5.41, 5.74) is -1.11. The number of carbonyl (C=O) groups excluding carboxylic acids is 2. The van der Waals surface area contributed by atoms with Gasteiger partial charge in [0.15, 0.2) is 5.69 Å². The molecule has 0 aliphatic carbocycles. The molecular formula is C24H32F3N7O3. The van der Waals surface area contributed by atoms with Crippen LogP contribution in [0, 0.1) is 0 Å². The van der Waals surface area contributed by atoms with Gasteiger partial charge in [0.1, 0.15) is 5.82 Å². The minimum absolute atomic E-state index is 0.0757. The van der Waals surface area contributed by atoms with Crippen LogP contribution in [0.4, 0.5) is 35.5 Å². The van der Waals surface area contributed by atoms with Gasteiger partial charge in [-0.3, -0.25) is 4.79 Å². The molecule has 2 N–H and O–H groups in total. The molecular weight excluding hydrogens is 491 g/mol. The third-order valence-electron chi connectivity index (χ3n) is 6.42. The molecule has 37 heavy (non-hydrogen) atoms. The van der Waals surface area contributed by atoms with Crippen LogP contribution >= 0.6 is 0 Å². The molecule has 0 radical (unpaired) electrons. The normalized spacial score (nSPS) is 16.6. The number of oxazole rings is 1. The van der Waals surface area contributed by atoms with Crippen molar-refractivity contribution >= 4 is 29.5 Å². The van der Waals surface area contributed by atoms with Crippen molar-refractivity contribution < 1.29 is 27.2 Å². The van der Waals surface area contributed by atoms with Crippen molar-refractivity contribution in [2.24, 2.45) is 0 Å². The van der Waals surface area contributed by atoms with Crippen molar-refractivity contribution in [2.75, 3.05) is 60.9 Å². The van der Waals surface area contributed by atoms with Crippen LogP contribution in [0.15, 0.2) is 22.7 Å². The fraction of sp³-hybridized carbons (Fsp3) is 0.583. The highest BCUT2D eigenvalue weighted by atomic mass is 19.4. The summed E-state index contributed by atoms with van der Waals surface area (Å²) in [6.45, 7) is 6.05. The molecule has 0 saturated carbocycles. The average Bonchev–Trinajstić information content (AvgIpc) is 3.37. The van der Waals surface area contributed by atoms with E-state index in [0.717, 1.165) is 32.1 Å². The summed E-state index contributed by atoms with van der Waals surface area (Å²) < 4.78 is 46.0. The van der Waals surface area contributed by atoms with Crippen LogP contribution in [0.3, 0.4) is 0 Å². The number of alkyl halides is 3. The maximum absolute atomic E-state index is 13.6. The number of hydrogen-bond acceptors (Lipinski definition) is 7. The van der Waals surface area contributed by atoms with Crippen molar-refractivity contribution in [2.45, 2.75) is 45.2 Å². The van der Waals surface area contributed by atoms with Gasteiger partial charge in [-0.1, -0.05) is 13.3 Å². The van der Waals surface area contributed by atoms with Crippen LogP contribution < -0.4 is 20.4 Å². The van der Waals surface area contributed by atoms with E-state index in [1.807, 2.05) is 4.90 Å². The SMILES string of the molecule is CCCCNC(=O)N1CCN(c2ccc(NC(=O)c3oc(N4CCCCC4)nc3C(F)(F)F)cn2)CC1. The van der Waals surface area contributed by atoms with Gasteiger partial charge >= 0.3 is 12.2 Å². The van der Waals surface area contributed by atoms with Crippen molar-refractivity contribution in [3.63, 3.8) is 0 Å². The lowest BCUT2D eigenvalue weighted by Gasteiger charge is -2.35. The molecule has 2 fully saturated rings. The van der Waals surface area contributed by atoms with E-state index in [-0.39, 0.29) is 17.7 Å². The summed E-state index contributed by atoms with van der Waals surface area (Å²) in [6.07, 6.45) is 1.14. The number of urea groups is 1. The number of nitrogens with zero attached hydrogens (tertiary/aromatic N) is 5. The lowest BCUT2D eigenvalue weighted by Crippen LogP contribution is -2.52. The number of nitrogens with one attached hydrogen (secondary N) is 2. The van der Waals surface area contributed by atoms with Crippen molar-refractivity contribution in [1.29, 1.82) is 0 Å². The minimum atomic E-state index is -4.83. The molecule has 4 rings (SSSR count). The van der Waals surface area contributed by atoms with E-state index < -0.39 is 23.5 Å².